The second kappa shape index (κ2) is 7.73. The van der Waals surface area contributed by atoms with E-state index in [-0.39, 0.29) is 17.8 Å². The van der Waals surface area contributed by atoms with Gasteiger partial charge in [-0.25, -0.2) is 4.39 Å². The van der Waals surface area contributed by atoms with E-state index in [2.05, 4.69) is 15.2 Å². The van der Waals surface area contributed by atoms with Gasteiger partial charge in [-0.2, -0.15) is 0 Å². The number of fused-ring (bicyclic) bond motifs is 1. The van der Waals surface area contributed by atoms with Crippen LogP contribution >= 0.6 is 0 Å². The van der Waals surface area contributed by atoms with E-state index in [0.717, 1.165) is 32.7 Å². The molecule has 1 aromatic heterocycles. The summed E-state index contributed by atoms with van der Waals surface area (Å²) in [6.07, 6.45) is 2.57. The summed E-state index contributed by atoms with van der Waals surface area (Å²) in [5.74, 6) is -0.241. The van der Waals surface area contributed by atoms with Crippen molar-refractivity contribution in [3.05, 3.63) is 35.8 Å². The smallest absolute Gasteiger partial charge is 0.253 e. The summed E-state index contributed by atoms with van der Waals surface area (Å²) in [6.45, 7) is 5.16. The fourth-order valence-electron chi connectivity index (χ4n) is 3.97. The predicted molar refractivity (Wildman–Crippen MR) is 95.7 cm³/mol. The average Bonchev–Trinajstić information content (AvgIpc) is 3.33. The molecule has 0 aliphatic carbocycles. The van der Waals surface area contributed by atoms with E-state index in [1.54, 1.807) is 18.3 Å². The molecule has 2 aliphatic rings. The normalized spacial score (nSPS) is 22.6. The molecule has 140 valence electrons. The molecule has 2 saturated heterocycles. The van der Waals surface area contributed by atoms with E-state index in [0.29, 0.717) is 42.1 Å². The number of aromatic amines is 1. The highest BCUT2D eigenvalue weighted by molar-refractivity contribution is 6.06. The number of H-pyrrole nitrogens is 1. The molecular weight excluding hydrogens is 337 g/mol. The number of halogens is 1. The number of nitrogens with one attached hydrogen (secondary N) is 2. The number of amides is 1. The van der Waals surface area contributed by atoms with Crippen molar-refractivity contribution in [1.82, 2.24) is 15.2 Å². The Hall–Kier alpha value is -1.96. The van der Waals surface area contributed by atoms with E-state index < -0.39 is 0 Å². The molecule has 1 amide bonds. The molecule has 2 N–H and O–H groups in total. The molecule has 1 aromatic carbocycles. The SMILES string of the molecule is O=C(NC[C@@H]([C@H]1CCOC1)N1CCOCC1)c1c[nH]c2cccc(F)c12. The lowest BCUT2D eigenvalue weighted by molar-refractivity contribution is 0.00167. The minimum Gasteiger partial charge on any atom is -0.381 e. The fourth-order valence-corrected chi connectivity index (χ4v) is 3.97. The van der Waals surface area contributed by atoms with Gasteiger partial charge in [0, 0.05) is 55.3 Å². The molecule has 3 heterocycles. The summed E-state index contributed by atoms with van der Waals surface area (Å²) in [5.41, 5.74) is 0.977. The first kappa shape index (κ1) is 17.5. The van der Waals surface area contributed by atoms with Gasteiger partial charge in [-0.3, -0.25) is 9.69 Å². The number of ether oxygens (including phenoxy) is 2. The van der Waals surface area contributed by atoms with Crippen LogP contribution in [0.1, 0.15) is 16.8 Å². The van der Waals surface area contributed by atoms with Crippen LogP contribution in [0.3, 0.4) is 0 Å². The second-order valence-corrected chi connectivity index (χ2v) is 6.91. The Morgan fingerprint density at radius 2 is 2.15 bits per heavy atom. The van der Waals surface area contributed by atoms with E-state index in [1.807, 2.05) is 0 Å². The maximum absolute atomic E-state index is 14.1. The Morgan fingerprint density at radius 3 is 2.92 bits per heavy atom. The van der Waals surface area contributed by atoms with Crippen molar-refractivity contribution in [2.45, 2.75) is 12.5 Å². The Bertz CT molecular complexity index is 766. The maximum atomic E-state index is 14.1. The van der Waals surface area contributed by atoms with Crippen molar-refractivity contribution in [2.24, 2.45) is 5.92 Å². The summed E-state index contributed by atoms with van der Waals surface area (Å²) in [4.78, 5) is 18.0. The van der Waals surface area contributed by atoms with Crippen molar-refractivity contribution in [1.29, 1.82) is 0 Å². The van der Waals surface area contributed by atoms with Gasteiger partial charge in [0.05, 0.1) is 25.4 Å². The molecule has 4 rings (SSSR count). The topological polar surface area (TPSA) is 66.6 Å². The molecule has 2 fully saturated rings. The van der Waals surface area contributed by atoms with Crippen molar-refractivity contribution in [2.75, 3.05) is 46.1 Å². The lowest BCUT2D eigenvalue weighted by atomic mass is 9.96. The van der Waals surface area contributed by atoms with E-state index in [1.165, 1.54) is 6.07 Å². The summed E-state index contributed by atoms with van der Waals surface area (Å²) >= 11 is 0. The largest absolute Gasteiger partial charge is 0.381 e. The lowest BCUT2D eigenvalue weighted by Gasteiger charge is -2.37. The third-order valence-electron chi connectivity index (χ3n) is 5.40. The maximum Gasteiger partial charge on any atom is 0.253 e. The molecule has 7 heteroatoms. The van der Waals surface area contributed by atoms with Gasteiger partial charge in [-0.1, -0.05) is 6.07 Å². The van der Waals surface area contributed by atoms with Crippen LogP contribution in [-0.4, -0.2) is 67.9 Å². The zero-order valence-corrected chi connectivity index (χ0v) is 14.7. The van der Waals surface area contributed by atoms with Crippen molar-refractivity contribution < 1.29 is 18.7 Å². The highest BCUT2D eigenvalue weighted by Gasteiger charge is 2.32. The van der Waals surface area contributed by atoms with Gasteiger partial charge in [0.2, 0.25) is 0 Å². The Kier molecular flexibility index (Phi) is 5.19. The summed E-state index contributed by atoms with van der Waals surface area (Å²) in [6, 6.07) is 4.98. The number of nitrogens with zero attached hydrogens (tertiary/aromatic N) is 1. The molecule has 2 aliphatic heterocycles. The second-order valence-electron chi connectivity index (χ2n) is 6.91. The summed E-state index contributed by atoms with van der Waals surface area (Å²) < 4.78 is 25.1. The Morgan fingerprint density at radius 1 is 1.31 bits per heavy atom. The van der Waals surface area contributed by atoms with Gasteiger partial charge in [0.15, 0.2) is 0 Å². The molecule has 0 radical (unpaired) electrons. The molecule has 26 heavy (non-hydrogen) atoms. The standard InChI is InChI=1S/C19H24FN3O3/c20-15-2-1-3-16-18(15)14(10-21-16)19(24)22-11-17(13-4-7-26-12-13)23-5-8-25-9-6-23/h1-3,10,13,17,21H,4-9,11-12H2,(H,22,24)/t13-,17-/m0/s1. The number of carbonyl (C=O) groups excluding carboxylic acids is 1. The molecule has 2 atom stereocenters. The molecular formula is C19H24FN3O3. The zero-order chi connectivity index (χ0) is 17.9. The number of carbonyl (C=O) groups is 1. The monoisotopic (exact) mass is 361 g/mol. The first-order chi connectivity index (χ1) is 12.7. The van der Waals surface area contributed by atoms with Crippen LogP contribution in [0.2, 0.25) is 0 Å². The van der Waals surface area contributed by atoms with Gasteiger partial charge < -0.3 is 19.8 Å². The fraction of sp³-hybridized carbons (Fsp3) is 0.526. The highest BCUT2D eigenvalue weighted by Crippen LogP contribution is 2.23. The molecule has 0 bridgehead atoms. The van der Waals surface area contributed by atoms with Crippen molar-refractivity contribution in [3.63, 3.8) is 0 Å². The van der Waals surface area contributed by atoms with Crippen LogP contribution in [0.25, 0.3) is 10.9 Å². The van der Waals surface area contributed by atoms with Gasteiger partial charge >= 0.3 is 0 Å². The van der Waals surface area contributed by atoms with Crippen molar-refractivity contribution >= 4 is 16.8 Å². The van der Waals surface area contributed by atoms with Crippen LogP contribution in [-0.2, 0) is 9.47 Å². The number of aromatic nitrogens is 1. The Labute approximate surface area is 151 Å². The van der Waals surface area contributed by atoms with E-state index in [9.17, 15) is 9.18 Å². The van der Waals surface area contributed by atoms with Crippen molar-refractivity contribution in [3.8, 4) is 0 Å². The number of hydrogen-bond donors (Lipinski definition) is 2. The average molecular weight is 361 g/mol. The first-order valence-corrected chi connectivity index (χ1v) is 9.17. The molecule has 0 unspecified atom stereocenters. The highest BCUT2D eigenvalue weighted by atomic mass is 19.1. The third kappa shape index (κ3) is 3.47. The van der Waals surface area contributed by atoms with E-state index in [4.69, 9.17) is 9.47 Å². The predicted octanol–water partition coefficient (Wildman–Crippen LogP) is 1.77. The summed E-state index contributed by atoms with van der Waals surface area (Å²) in [5, 5.41) is 3.36. The lowest BCUT2D eigenvalue weighted by Crippen LogP contribution is -2.52. The molecule has 2 aromatic rings. The van der Waals surface area contributed by atoms with Crippen LogP contribution < -0.4 is 5.32 Å². The van der Waals surface area contributed by atoms with Crippen LogP contribution in [0, 0.1) is 11.7 Å². The number of hydrogen-bond acceptors (Lipinski definition) is 4. The number of benzene rings is 1. The first-order valence-electron chi connectivity index (χ1n) is 9.17. The van der Waals surface area contributed by atoms with Gasteiger partial charge in [-0.05, 0) is 18.6 Å². The third-order valence-corrected chi connectivity index (χ3v) is 5.40. The Balaban J connectivity index is 1.48. The molecule has 0 saturated carbocycles. The summed E-state index contributed by atoms with van der Waals surface area (Å²) in [7, 11) is 0. The number of morpholine rings is 1. The van der Waals surface area contributed by atoms with Gasteiger partial charge in [-0.15, -0.1) is 0 Å². The van der Waals surface area contributed by atoms with Crippen LogP contribution in [0.5, 0.6) is 0 Å². The minimum absolute atomic E-state index is 0.209. The quantitative estimate of drug-likeness (QED) is 0.852. The molecule has 0 spiro atoms. The van der Waals surface area contributed by atoms with Crippen LogP contribution in [0.15, 0.2) is 24.4 Å². The van der Waals surface area contributed by atoms with Gasteiger partial charge in [0.25, 0.3) is 5.91 Å². The minimum atomic E-state index is -0.386. The van der Waals surface area contributed by atoms with Crippen LogP contribution in [0.4, 0.5) is 4.39 Å². The van der Waals surface area contributed by atoms with Gasteiger partial charge in [0.1, 0.15) is 5.82 Å². The van der Waals surface area contributed by atoms with E-state index >= 15 is 0 Å². The number of rotatable bonds is 5. The molecule has 6 nitrogen and oxygen atoms in total. The zero-order valence-electron chi connectivity index (χ0n) is 14.7.